The molecular formula is C36H70N2O4. The molecule has 2 rings (SSSR count). The fraction of sp³-hybridized carbons (Fsp3) is 0.556. The average Bonchev–Trinajstić information content (AvgIpc) is 2.92. The Morgan fingerprint density at radius 1 is 0.571 bits per heavy atom. The topological polar surface area (TPSA) is 92.3 Å². The highest BCUT2D eigenvalue weighted by Crippen LogP contribution is 1.97. The maximum atomic E-state index is 11.1. The van der Waals surface area contributed by atoms with Gasteiger partial charge >= 0.3 is 0 Å². The Morgan fingerprint density at radius 3 is 1.10 bits per heavy atom. The molecule has 6 heteroatoms. The number of hydrogen-bond donors (Lipinski definition) is 2. The summed E-state index contributed by atoms with van der Waals surface area (Å²) in [5.74, 6) is -0.0422. The number of hydrogen-bond acceptors (Lipinski definition) is 4. The van der Waals surface area contributed by atoms with Crippen LogP contribution in [0.3, 0.4) is 0 Å². The number of carbonyl (C=O) groups excluding carboxylic acids is 4. The molecule has 0 aliphatic carbocycles. The van der Waals surface area contributed by atoms with Crippen molar-refractivity contribution in [1.29, 1.82) is 0 Å². The van der Waals surface area contributed by atoms with Gasteiger partial charge < -0.3 is 15.4 Å². The Morgan fingerprint density at radius 2 is 0.881 bits per heavy atom. The van der Waals surface area contributed by atoms with E-state index in [1.165, 1.54) is 26.7 Å². The van der Waals surface area contributed by atoms with E-state index in [1.54, 1.807) is 6.92 Å². The van der Waals surface area contributed by atoms with Crippen molar-refractivity contribution in [3.63, 3.8) is 0 Å². The molecule has 0 unspecified atom stereocenters. The lowest BCUT2D eigenvalue weighted by Gasteiger charge is -2.03. The summed E-state index contributed by atoms with van der Waals surface area (Å²) in [5, 5.41) is 5.24. The monoisotopic (exact) mass is 595 g/mol. The number of nitrogens with one attached hydrogen (secondary N) is 2. The van der Waals surface area contributed by atoms with E-state index in [-0.39, 0.29) is 52.1 Å². The Hall–Kier alpha value is -3.28. The maximum absolute atomic E-state index is 11.1. The van der Waals surface area contributed by atoms with E-state index in [0.29, 0.717) is 13.0 Å². The van der Waals surface area contributed by atoms with Crippen molar-refractivity contribution >= 4 is 23.4 Å². The molecule has 2 aromatic rings. The van der Waals surface area contributed by atoms with Crippen molar-refractivity contribution in [2.24, 2.45) is 0 Å². The van der Waals surface area contributed by atoms with Gasteiger partial charge in [-0.15, -0.1) is 0 Å². The van der Waals surface area contributed by atoms with E-state index in [2.05, 4.69) is 38.3 Å². The van der Waals surface area contributed by atoms with Gasteiger partial charge in [-0.2, -0.15) is 0 Å². The zero-order valence-electron chi connectivity index (χ0n) is 26.7. The molecule has 2 aromatic carbocycles. The van der Waals surface area contributed by atoms with Gasteiger partial charge in [-0.3, -0.25) is 14.4 Å². The molecule has 42 heavy (non-hydrogen) atoms. The second-order valence-electron chi connectivity index (χ2n) is 7.85. The van der Waals surface area contributed by atoms with E-state index in [1.807, 2.05) is 94.4 Å². The van der Waals surface area contributed by atoms with E-state index in [9.17, 15) is 19.2 Å². The molecule has 0 aromatic heterocycles. The Labute approximate surface area is 262 Å². The summed E-state index contributed by atoms with van der Waals surface area (Å²) in [6.07, 6.45) is 3.13. The van der Waals surface area contributed by atoms with Crippen LogP contribution in [-0.4, -0.2) is 29.9 Å². The van der Waals surface area contributed by atoms with Gasteiger partial charge in [0, 0.05) is 26.4 Å². The maximum Gasteiger partial charge on any atom is 0.227 e. The number of carbonyl (C=O) groups is 4. The lowest BCUT2D eigenvalue weighted by molar-refractivity contribution is -0.127. The zero-order valence-corrected chi connectivity index (χ0v) is 26.7. The van der Waals surface area contributed by atoms with Crippen LogP contribution in [-0.2, 0) is 25.7 Å². The van der Waals surface area contributed by atoms with Gasteiger partial charge in [-0.1, -0.05) is 150 Å². The van der Waals surface area contributed by atoms with Gasteiger partial charge in [0.15, 0.2) is 0 Å². The van der Waals surface area contributed by atoms with Gasteiger partial charge in [0.2, 0.25) is 11.8 Å². The van der Waals surface area contributed by atoms with Crippen LogP contribution in [0, 0.1) is 0 Å². The summed E-state index contributed by atoms with van der Waals surface area (Å²) >= 11 is 0. The lowest BCUT2D eigenvalue weighted by Crippen LogP contribution is -2.24. The number of Topliss-reactive ketones (excluding diaryl/α,β-unsaturated/α-hetero) is 2. The number of rotatable bonds is 6. The first kappa shape index (κ1) is 58.4. The van der Waals surface area contributed by atoms with E-state index < -0.39 is 0 Å². The first-order chi connectivity index (χ1) is 18.6. The largest absolute Gasteiger partial charge is 0.357 e. The third kappa shape index (κ3) is 76.7. The van der Waals surface area contributed by atoms with Crippen LogP contribution in [0.4, 0.5) is 0 Å². The second-order valence-corrected chi connectivity index (χ2v) is 7.85. The molecule has 6 nitrogen and oxygen atoms in total. The smallest absolute Gasteiger partial charge is 0.227 e. The molecule has 2 amide bonds. The molecule has 0 spiro atoms. The molecule has 0 aliphatic heterocycles. The predicted octanol–water partition coefficient (Wildman–Crippen LogP) is 9.86. The van der Waals surface area contributed by atoms with Crippen molar-refractivity contribution in [1.82, 2.24) is 10.6 Å². The fourth-order valence-corrected chi connectivity index (χ4v) is 1.72. The minimum Gasteiger partial charge on any atom is -0.357 e. The molecule has 0 bridgehead atoms. The molecule has 2 N–H and O–H groups in total. The molecule has 248 valence electrons. The van der Waals surface area contributed by atoms with E-state index >= 15 is 0 Å². The van der Waals surface area contributed by atoms with Crippen LogP contribution < -0.4 is 10.6 Å². The molecule has 0 fully saturated rings. The van der Waals surface area contributed by atoms with Gasteiger partial charge in [-0.25, -0.2) is 0 Å². The van der Waals surface area contributed by atoms with E-state index in [0.717, 1.165) is 12.1 Å². The van der Waals surface area contributed by atoms with Crippen molar-refractivity contribution in [2.45, 2.75) is 131 Å². The third-order valence-electron chi connectivity index (χ3n) is 3.33. The summed E-state index contributed by atoms with van der Waals surface area (Å²) < 4.78 is 0. The summed E-state index contributed by atoms with van der Waals surface area (Å²) in [5.41, 5.74) is 1.03. The Balaban J connectivity index is -0.0000000590. The highest BCUT2D eigenvalue weighted by Gasteiger charge is 2.03. The number of ketones is 2. The van der Waals surface area contributed by atoms with Crippen molar-refractivity contribution in [3.05, 3.63) is 72.3 Å². The van der Waals surface area contributed by atoms with Gasteiger partial charge in [-0.05, 0) is 26.3 Å². The molecule has 0 atom stereocenters. The lowest BCUT2D eigenvalue weighted by atomic mass is 10.2. The van der Waals surface area contributed by atoms with Crippen LogP contribution in [0.5, 0.6) is 0 Å². The van der Waals surface area contributed by atoms with Crippen molar-refractivity contribution in [2.75, 3.05) is 6.54 Å². The Kier molecular flexibility index (Phi) is 74.9. The van der Waals surface area contributed by atoms with E-state index in [4.69, 9.17) is 0 Å². The summed E-state index contributed by atoms with van der Waals surface area (Å²) in [6, 6.07) is 21.6. The van der Waals surface area contributed by atoms with Gasteiger partial charge in [0.05, 0.1) is 6.42 Å². The minimum absolute atomic E-state index is 0. The quantitative estimate of drug-likeness (QED) is 0.326. The van der Waals surface area contributed by atoms with Crippen LogP contribution in [0.2, 0.25) is 0 Å². The standard InChI is InChI=1S/C11H13NO2.C6H6.C4H9NO.C4H8O.2C3H8.C2H6.3CH4/c1-9(13)7-11(14)12-8-10-5-3-2-4-6-10;1-2-4-6-5-3-1;1-3-5-4(2)6;1-3-4(2)5;2*1-3-2;1-2;;;/h2-6H,7-8H2,1H3,(H,12,14);1-6H;3H2,1-2H3,(H,5,6);3H2,1-2H3;2*3H2,1-2H3;1-2H3;3*1H4. The zero-order chi connectivity index (χ0) is 31.3. The van der Waals surface area contributed by atoms with Crippen molar-refractivity contribution in [3.8, 4) is 0 Å². The molecule has 0 saturated heterocycles. The highest BCUT2D eigenvalue weighted by atomic mass is 16.2. The highest BCUT2D eigenvalue weighted by molar-refractivity contribution is 5.96. The van der Waals surface area contributed by atoms with Crippen LogP contribution in [0.15, 0.2) is 66.7 Å². The molecule has 0 heterocycles. The Bertz CT molecular complexity index is 736. The molecule has 0 radical (unpaired) electrons. The molecule has 0 aliphatic rings. The normalized spacial score (nSPS) is 7.31. The fourth-order valence-electron chi connectivity index (χ4n) is 1.72. The molecule has 0 saturated carbocycles. The van der Waals surface area contributed by atoms with Gasteiger partial charge in [0.25, 0.3) is 0 Å². The minimum atomic E-state index is -0.221. The van der Waals surface area contributed by atoms with Crippen LogP contribution >= 0.6 is 0 Å². The summed E-state index contributed by atoms with van der Waals surface area (Å²) in [4.78, 5) is 41.4. The van der Waals surface area contributed by atoms with Crippen LogP contribution in [0.1, 0.15) is 130 Å². The average molecular weight is 595 g/mol. The van der Waals surface area contributed by atoms with Crippen molar-refractivity contribution < 1.29 is 19.2 Å². The summed E-state index contributed by atoms with van der Waals surface area (Å²) in [7, 11) is 0. The van der Waals surface area contributed by atoms with Gasteiger partial charge in [0.1, 0.15) is 11.6 Å². The number of benzene rings is 2. The number of amides is 2. The SMILES string of the molecule is C.C.C.CC.CC(=O)CC(=O)NCc1ccccc1.CCC.CCC.CCC(C)=O.CCNC(C)=O.c1ccccc1. The first-order valence-corrected chi connectivity index (χ1v) is 14.1. The first-order valence-electron chi connectivity index (χ1n) is 14.1. The molecular weight excluding hydrogens is 524 g/mol. The predicted molar refractivity (Wildman–Crippen MR) is 189 cm³/mol. The third-order valence-corrected chi connectivity index (χ3v) is 3.33. The van der Waals surface area contributed by atoms with Crippen LogP contribution in [0.25, 0.3) is 0 Å². The second kappa shape index (κ2) is 53.9. The summed E-state index contributed by atoms with van der Waals surface area (Å²) in [6.45, 7) is 21.9.